The molecule has 0 aromatic carbocycles. The Kier molecular flexibility index (Phi) is 3.29. The molecule has 1 aliphatic carbocycles. The van der Waals surface area contributed by atoms with Crippen LogP contribution in [0, 0.1) is 23.7 Å². The Hall–Kier alpha value is -0.590. The molecule has 0 N–H and O–H groups in total. The molecule has 74 valence electrons. The average molecular weight is 180 g/mol. The fourth-order valence-corrected chi connectivity index (χ4v) is 2.52. The first-order valence-corrected chi connectivity index (χ1v) is 5.21. The van der Waals surface area contributed by atoms with Gasteiger partial charge in [0.05, 0.1) is 0 Å². The number of carbonyl (C=O) groups excluding carboxylic acids is 1. The van der Waals surface area contributed by atoms with Crippen LogP contribution in [-0.4, -0.2) is 5.78 Å². The molecule has 0 radical (unpaired) electrons. The largest absolute Gasteiger partial charge is 0.299 e. The van der Waals surface area contributed by atoms with Gasteiger partial charge < -0.3 is 0 Å². The van der Waals surface area contributed by atoms with Crippen molar-refractivity contribution in [2.45, 2.75) is 33.6 Å². The minimum absolute atomic E-state index is 0.230. The number of allylic oxidation sites excluding steroid dienone is 1. The first-order chi connectivity index (χ1) is 6.06. The average Bonchev–Trinajstić information content (AvgIpc) is 2.01. The summed E-state index contributed by atoms with van der Waals surface area (Å²) >= 11 is 0. The molecule has 1 nitrogen and oxygen atoms in total. The second-order valence-corrected chi connectivity index (χ2v) is 4.68. The summed E-state index contributed by atoms with van der Waals surface area (Å²) in [7, 11) is 0. The molecule has 1 rings (SSSR count). The maximum absolute atomic E-state index is 11.8. The van der Waals surface area contributed by atoms with Crippen molar-refractivity contribution >= 4 is 5.78 Å². The van der Waals surface area contributed by atoms with E-state index in [4.69, 9.17) is 0 Å². The van der Waals surface area contributed by atoms with Crippen molar-refractivity contribution in [3.8, 4) is 0 Å². The minimum atomic E-state index is 0.230. The van der Waals surface area contributed by atoms with E-state index in [2.05, 4.69) is 27.4 Å². The lowest BCUT2D eigenvalue weighted by Crippen LogP contribution is -2.34. The zero-order valence-electron chi connectivity index (χ0n) is 8.92. The number of Topliss-reactive ketones (excluding diaryl/α,β-unsaturated/α-hetero) is 1. The van der Waals surface area contributed by atoms with Gasteiger partial charge in [0.1, 0.15) is 5.78 Å². The van der Waals surface area contributed by atoms with Crippen LogP contribution in [0.2, 0.25) is 0 Å². The lowest BCUT2D eigenvalue weighted by atomic mass is 9.69. The number of ketones is 1. The van der Waals surface area contributed by atoms with Crippen LogP contribution in [-0.2, 0) is 4.79 Å². The molecule has 1 aliphatic rings. The van der Waals surface area contributed by atoms with Crippen LogP contribution < -0.4 is 0 Å². The fourth-order valence-electron chi connectivity index (χ4n) is 2.52. The van der Waals surface area contributed by atoms with Crippen molar-refractivity contribution in [3.05, 3.63) is 12.7 Å². The molecule has 0 amide bonds. The molecule has 1 heteroatoms. The highest BCUT2D eigenvalue weighted by Gasteiger charge is 2.34. The molecule has 0 heterocycles. The highest BCUT2D eigenvalue weighted by Crippen LogP contribution is 2.35. The molecule has 0 bridgehead atoms. The number of hydrogen-bond acceptors (Lipinski definition) is 1. The van der Waals surface area contributed by atoms with Gasteiger partial charge in [-0.25, -0.2) is 0 Å². The Morgan fingerprint density at radius 2 is 2.15 bits per heavy atom. The van der Waals surface area contributed by atoms with E-state index in [1.165, 1.54) is 0 Å². The third-order valence-electron chi connectivity index (χ3n) is 3.08. The molecule has 13 heavy (non-hydrogen) atoms. The topological polar surface area (TPSA) is 17.1 Å². The van der Waals surface area contributed by atoms with E-state index in [1.54, 1.807) is 0 Å². The van der Waals surface area contributed by atoms with Gasteiger partial charge in [0.25, 0.3) is 0 Å². The molecular formula is C12H20O. The smallest absolute Gasteiger partial charge is 0.137 e. The summed E-state index contributed by atoms with van der Waals surface area (Å²) in [4.78, 5) is 11.8. The Labute approximate surface area is 81.2 Å². The predicted molar refractivity (Wildman–Crippen MR) is 55.4 cm³/mol. The predicted octanol–water partition coefficient (Wildman–Crippen LogP) is 3.06. The highest BCUT2D eigenvalue weighted by atomic mass is 16.1. The van der Waals surface area contributed by atoms with Crippen LogP contribution in [0.25, 0.3) is 0 Å². The van der Waals surface area contributed by atoms with Crippen LogP contribution >= 0.6 is 0 Å². The lowest BCUT2D eigenvalue weighted by molar-refractivity contribution is -0.129. The van der Waals surface area contributed by atoms with Gasteiger partial charge in [0.2, 0.25) is 0 Å². The molecule has 0 unspecified atom stereocenters. The van der Waals surface area contributed by atoms with Gasteiger partial charge in [-0.1, -0.05) is 26.8 Å². The van der Waals surface area contributed by atoms with Gasteiger partial charge in [0.15, 0.2) is 0 Å². The van der Waals surface area contributed by atoms with Gasteiger partial charge >= 0.3 is 0 Å². The van der Waals surface area contributed by atoms with E-state index in [0.717, 1.165) is 12.8 Å². The molecular weight excluding hydrogens is 160 g/mol. The van der Waals surface area contributed by atoms with Crippen molar-refractivity contribution in [3.63, 3.8) is 0 Å². The lowest BCUT2D eigenvalue weighted by Gasteiger charge is -2.34. The first-order valence-electron chi connectivity index (χ1n) is 5.21. The zero-order valence-corrected chi connectivity index (χ0v) is 8.92. The van der Waals surface area contributed by atoms with E-state index in [1.807, 2.05) is 6.08 Å². The second kappa shape index (κ2) is 4.08. The molecule has 0 spiro atoms. The Morgan fingerprint density at radius 1 is 1.54 bits per heavy atom. The summed E-state index contributed by atoms with van der Waals surface area (Å²) < 4.78 is 0. The monoisotopic (exact) mass is 180 g/mol. The van der Waals surface area contributed by atoms with E-state index >= 15 is 0 Å². The summed E-state index contributed by atoms with van der Waals surface area (Å²) in [6.07, 6.45) is 3.88. The molecule has 0 saturated heterocycles. The van der Waals surface area contributed by atoms with Gasteiger partial charge in [-0.2, -0.15) is 0 Å². The number of hydrogen-bond donors (Lipinski definition) is 0. The third kappa shape index (κ3) is 2.20. The van der Waals surface area contributed by atoms with Crippen molar-refractivity contribution in [2.24, 2.45) is 23.7 Å². The summed E-state index contributed by atoms with van der Waals surface area (Å²) in [5.74, 6) is 2.09. The van der Waals surface area contributed by atoms with E-state index in [0.29, 0.717) is 23.5 Å². The van der Waals surface area contributed by atoms with Crippen LogP contribution in [0.3, 0.4) is 0 Å². The third-order valence-corrected chi connectivity index (χ3v) is 3.08. The van der Waals surface area contributed by atoms with Crippen LogP contribution in [0.4, 0.5) is 0 Å². The van der Waals surface area contributed by atoms with Crippen molar-refractivity contribution in [1.82, 2.24) is 0 Å². The van der Waals surface area contributed by atoms with Crippen molar-refractivity contribution in [1.29, 1.82) is 0 Å². The summed E-state index contributed by atoms with van der Waals surface area (Å²) in [6.45, 7) is 10.3. The van der Waals surface area contributed by atoms with Crippen LogP contribution in [0.15, 0.2) is 12.7 Å². The number of carbonyl (C=O) groups is 1. The quantitative estimate of drug-likeness (QED) is 0.597. The standard InChI is InChI=1S/C12H20O/c1-5-10-6-9(4)7-11(13)12(10)8(2)3/h5,8-10,12H,1,6-7H2,2-4H3/t9-,10+,12-/m1/s1. The van der Waals surface area contributed by atoms with Crippen molar-refractivity contribution < 1.29 is 4.79 Å². The first kappa shape index (κ1) is 10.5. The molecule has 0 aromatic heterocycles. The van der Waals surface area contributed by atoms with E-state index in [-0.39, 0.29) is 5.92 Å². The Bertz CT molecular complexity index is 205. The van der Waals surface area contributed by atoms with Crippen LogP contribution in [0.5, 0.6) is 0 Å². The van der Waals surface area contributed by atoms with E-state index in [9.17, 15) is 4.79 Å². The van der Waals surface area contributed by atoms with Crippen LogP contribution in [0.1, 0.15) is 33.6 Å². The SMILES string of the molecule is C=C[C@H]1C[C@@H](C)CC(=O)[C@@H]1C(C)C. The zero-order chi connectivity index (χ0) is 10.0. The summed E-state index contributed by atoms with van der Waals surface area (Å²) in [5.41, 5.74) is 0. The molecule has 3 atom stereocenters. The van der Waals surface area contributed by atoms with E-state index < -0.39 is 0 Å². The molecule has 1 fully saturated rings. The Morgan fingerprint density at radius 3 is 2.62 bits per heavy atom. The normalized spacial score (nSPS) is 35.1. The molecule has 0 aromatic rings. The summed E-state index contributed by atoms with van der Waals surface area (Å²) in [6, 6.07) is 0. The maximum Gasteiger partial charge on any atom is 0.137 e. The Balaban J connectivity index is 2.77. The minimum Gasteiger partial charge on any atom is -0.299 e. The molecule has 0 aliphatic heterocycles. The van der Waals surface area contributed by atoms with Gasteiger partial charge in [-0.15, -0.1) is 6.58 Å². The van der Waals surface area contributed by atoms with Gasteiger partial charge in [-0.05, 0) is 24.2 Å². The second-order valence-electron chi connectivity index (χ2n) is 4.68. The molecule has 1 saturated carbocycles. The summed E-state index contributed by atoms with van der Waals surface area (Å²) in [5, 5.41) is 0. The maximum atomic E-state index is 11.8. The van der Waals surface area contributed by atoms with Crippen molar-refractivity contribution in [2.75, 3.05) is 0 Å². The number of rotatable bonds is 2. The van der Waals surface area contributed by atoms with Gasteiger partial charge in [0, 0.05) is 12.3 Å². The highest BCUT2D eigenvalue weighted by molar-refractivity contribution is 5.82. The van der Waals surface area contributed by atoms with Gasteiger partial charge in [-0.3, -0.25) is 4.79 Å². The fraction of sp³-hybridized carbons (Fsp3) is 0.750.